The number of hydrogen-bond donors (Lipinski definition) is 2. The summed E-state index contributed by atoms with van der Waals surface area (Å²) in [5.74, 6) is -0.838. The molecule has 2 N–H and O–H groups in total. The van der Waals surface area contributed by atoms with Gasteiger partial charge >= 0.3 is 12.1 Å². The lowest BCUT2D eigenvalue weighted by atomic mass is 9.69. The molecule has 0 aromatic rings. The van der Waals surface area contributed by atoms with E-state index in [1.807, 2.05) is 0 Å². The van der Waals surface area contributed by atoms with Crippen molar-refractivity contribution in [2.45, 2.75) is 45.6 Å². The first-order chi connectivity index (χ1) is 7.25. The van der Waals surface area contributed by atoms with Gasteiger partial charge in [0.05, 0.1) is 5.41 Å². The summed E-state index contributed by atoms with van der Waals surface area (Å²) in [6, 6.07) is 0. The monoisotopic (exact) mass is 229 g/mol. The molecule has 1 amide bonds. The van der Waals surface area contributed by atoms with Gasteiger partial charge < -0.3 is 15.2 Å². The number of carbonyl (C=O) groups excluding carboxylic acids is 1. The van der Waals surface area contributed by atoms with Gasteiger partial charge in [-0.25, -0.2) is 4.79 Å². The third kappa shape index (κ3) is 3.12. The second kappa shape index (κ2) is 4.31. The van der Waals surface area contributed by atoms with E-state index in [2.05, 4.69) is 5.32 Å². The van der Waals surface area contributed by atoms with Crippen molar-refractivity contribution in [1.82, 2.24) is 5.32 Å². The Morgan fingerprint density at radius 1 is 1.38 bits per heavy atom. The van der Waals surface area contributed by atoms with Gasteiger partial charge in [0, 0.05) is 6.54 Å². The molecule has 0 heterocycles. The Balaban J connectivity index is 2.39. The molecule has 1 saturated carbocycles. The first-order valence-electron chi connectivity index (χ1n) is 5.45. The third-order valence-electron chi connectivity index (χ3n) is 2.73. The van der Waals surface area contributed by atoms with Crippen LogP contribution in [-0.2, 0) is 9.53 Å². The standard InChI is InChI=1S/C11H19NO4/c1-10(2,3)16-9(15)12-7-11(8(13)14)5-4-6-11/h4-7H2,1-3H3,(H,12,15)(H,13,14). The summed E-state index contributed by atoms with van der Waals surface area (Å²) < 4.78 is 5.04. The minimum Gasteiger partial charge on any atom is -0.481 e. The Hall–Kier alpha value is -1.26. The van der Waals surface area contributed by atoms with Gasteiger partial charge in [0.2, 0.25) is 0 Å². The van der Waals surface area contributed by atoms with Crippen LogP contribution in [0.3, 0.4) is 0 Å². The molecule has 0 atom stereocenters. The van der Waals surface area contributed by atoms with Gasteiger partial charge in [-0.15, -0.1) is 0 Å². The van der Waals surface area contributed by atoms with Crippen LogP contribution in [0, 0.1) is 5.41 Å². The molecule has 0 spiro atoms. The summed E-state index contributed by atoms with van der Waals surface area (Å²) in [6.45, 7) is 5.45. The van der Waals surface area contributed by atoms with Crippen LogP contribution in [-0.4, -0.2) is 29.3 Å². The summed E-state index contributed by atoms with van der Waals surface area (Å²) in [6.07, 6.45) is 1.60. The largest absolute Gasteiger partial charge is 0.481 e. The number of carbonyl (C=O) groups is 2. The lowest BCUT2D eigenvalue weighted by Crippen LogP contribution is -2.48. The van der Waals surface area contributed by atoms with Gasteiger partial charge in [-0.1, -0.05) is 6.42 Å². The fraction of sp³-hybridized carbons (Fsp3) is 0.818. The summed E-state index contributed by atoms with van der Waals surface area (Å²) in [5, 5.41) is 11.6. The van der Waals surface area contributed by atoms with Crippen molar-refractivity contribution >= 4 is 12.1 Å². The van der Waals surface area contributed by atoms with Crippen molar-refractivity contribution in [3.05, 3.63) is 0 Å². The molecule has 1 fully saturated rings. The highest BCUT2D eigenvalue weighted by atomic mass is 16.6. The van der Waals surface area contributed by atoms with Crippen LogP contribution < -0.4 is 5.32 Å². The van der Waals surface area contributed by atoms with E-state index in [0.29, 0.717) is 12.8 Å². The van der Waals surface area contributed by atoms with Crippen LogP contribution >= 0.6 is 0 Å². The second-order valence-electron chi connectivity index (χ2n) is 5.29. The average molecular weight is 229 g/mol. The predicted octanol–water partition coefficient (Wildman–Crippen LogP) is 1.77. The maximum absolute atomic E-state index is 11.3. The number of alkyl carbamates (subject to hydrolysis) is 1. The maximum Gasteiger partial charge on any atom is 0.407 e. The molecule has 0 aliphatic heterocycles. The summed E-state index contributed by atoms with van der Waals surface area (Å²) in [4.78, 5) is 22.4. The molecule has 1 rings (SSSR count). The van der Waals surface area contributed by atoms with Crippen LogP contribution in [0.15, 0.2) is 0 Å². The van der Waals surface area contributed by atoms with Crippen molar-refractivity contribution < 1.29 is 19.4 Å². The van der Waals surface area contributed by atoms with Crippen molar-refractivity contribution in [1.29, 1.82) is 0 Å². The lowest BCUT2D eigenvalue weighted by Gasteiger charge is -2.37. The van der Waals surface area contributed by atoms with Gasteiger partial charge in [-0.3, -0.25) is 4.79 Å². The maximum atomic E-state index is 11.3. The molecule has 0 bridgehead atoms. The number of carboxylic acid groups (broad SMARTS) is 1. The van der Waals surface area contributed by atoms with E-state index in [-0.39, 0.29) is 6.54 Å². The highest BCUT2D eigenvalue weighted by Gasteiger charge is 2.44. The second-order valence-corrected chi connectivity index (χ2v) is 5.29. The van der Waals surface area contributed by atoms with Gasteiger partial charge in [-0.2, -0.15) is 0 Å². The molecule has 0 saturated heterocycles. The molecule has 5 heteroatoms. The quantitative estimate of drug-likeness (QED) is 0.773. The molecule has 0 aromatic heterocycles. The number of carboxylic acids is 1. The Labute approximate surface area is 95.2 Å². The van der Waals surface area contributed by atoms with Gasteiger partial charge in [0.1, 0.15) is 5.60 Å². The normalized spacial score (nSPS) is 18.4. The zero-order chi connectivity index (χ0) is 12.4. The highest BCUT2D eigenvalue weighted by Crippen LogP contribution is 2.40. The van der Waals surface area contributed by atoms with Crippen LogP contribution in [0.2, 0.25) is 0 Å². The van der Waals surface area contributed by atoms with Crippen molar-refractivity contribution in [2.75, 3.05) is 6.54 Å². The summed E-state index contributed by atoms with van der Waals surface area (Å²) in [7, 11) is 0. The van der Waals surface area contributed by atoms with Crippen LogP contribution in [0.1, 0.15) is 40.0 Å². The number of ether oxygens (including phenoxy) is 1. The number of amides is 1. The van der Waals surface area contributed by atoms with Gasteiger partial charge in [0.25, 0.3) is 0 Å². The summed E-state index contributed by atoms with van der Waals surface area (Å²) in [5.41, 5.74) is -1.32. The zero-order valence-electron chi connectivity index (χ0n) is 10.0. The molecule has 1 aliphatic rings. The minimum absolute atomic E-state index is 0.150. The van der Waals surface area contributed by atoms with Gasteiger partial charge in [-0.05, 0) is 33.6 Å². The molecule has 0 radical (unpaired) electrons. The first-order valence-corrected chi connectivity index (χ1v) is 5.45. The van der Waals surface area contributed by atoms with Crippen LogP contribution in [0.5, 0.6) is 0 Å². The number of rotatable bonds is 3. The topological polar surface area (TPSA) is 75.6 Å². The fourth-order valence-corrected chi connectivity index (χ4v) is 1.63. The molecular weight excluding hydrogens is 210 g/mol. The van der Waals surface area contributed by atoms with E-state index in [0.717, 1.165) is 6.42 Å². The molecule has 16 heavy (non-hydrogen) atoms. The molecule has 1 aliphatic carbocycles. The number of aliphatic carboxylic acids is 1. The van der Waals surface area contributed by atoms with E-state index >= 15 is 0 Å². The first kappa shape index (κ1) is 12.8. The average Bonchev–Trinajstić information content (AvgIpc) is 1.97. The van der Waals surface area contributed by atoms with E-state index in [9.17, 15) is 9.59 Å². The smallest absolute Gasteiger partial charge is 0.407 e. The molecular formula is C11H19NO4. The third-order valence-corrected chi connectivity index (χ3v) is 2.73. The Morgan fingerprint density at radius 2 is 1.94 bits per heavy atom. The van der Waals surface area contributed by atoms with E-state index in [1.54, 1.807) is 20.8 Å². The van der Waals surface area contributed by atoms with Crippen LogP contribution in [0.4, 0.5) is 4.79 Å². The highest BCUT2D eigenvalue weighted by molar-refractivity contribution is 5.77. The molecule has 5 nitrogen and oxygen atoms in total. The van der Waals surface area contributed by atoms with Crippen molar-refractivity contribution in [2.24, 2.45) is 5.41 Å². The molecule has 92 valence electrons. The van der Waals surface area contributed by atoms with Crippen LogP contribution in [0.25, 0.3) is 0 Å². The van der Waals surface area contributed by atoms with E-state index < -0.39 is 23.1 Å². The lowest BCUT2D eigenvalue weighted by molar-refractivity contribution is -0.153. The van der Waals surface area contributed by atoms with Crippen molar-refractivity contribution in [3.63, 3.8) is 0 Å². The van der Waals surface area contributed by atoms with Crippen molar-refractivity contribution in [3.8, 4) is 0 Å². The minimum atomic E-state index is -0.838. The number of hydrogen-bond acceptors (Lipinski definition) is 3. The number of nitrogens with one attached hydrogen (secondary N) is 1. The molecule has 0 aromatic carbocycles. The van der Waals surface area contributed by atoms with E-state index in [4.69, 9.17) is 9.84 Å². The Morgan fingerprint density at radius 3 is 2.25 bits per heavy atom. The van der Waals surface area contributed by atoms with E-state index in [1.165, 1.54) is 0 Å². The Kier molecular flexibility index (Phi) is 3.45. The SMILES string of the molecule is CC(C)(C)OC(=O)NCC1(C(=O)O)CCC1. The summed E-state index contributed by atoms with van der Waals surface area (Å²) >= 11 is 0. The Bertz CT molecular complexity index is 289. The zero-order valence-corrected chi connectivity index (χ0v) is 10.0. The fourth-order valence-electron chi connectivity index (χ4n) is 1.63. The van der Waals surface area contributed by atoms with Gasteiger partial charge in [0.15, 0.2) is 0 Å². The molecule has 0 unspecified atom stereocenters. The predicted molar refractivity (Wildman–Crippen MR) is 58.2 cm³/mol.